The third kappa shape index (κ3) is 5.24. The van der Waals surface area contributed by atoms with Crippen LogP contribution in [0.5, 0.6) is 0 Å². The van der Waals surface area contributed by atoms with Gasteiger partial charge in [-0.15, -0.1) is 11.8 Å². The highest BCUT2D eigenvalue weighted by Gasteiger charge is 2.41. The van der Waals surface area contributed by atoms with Crippen molar-refractivity contribution in [3.05, 3.63) is 69.0 Å². The number of amides is 2. The van der Waals surface area contributed by atoms with Crippen molar-refractivity contribution in [2.24, 2.45) is 5.92 Å². The second kappa shape index (κ2) is 10.2. The van der Waals surface area contributed by atoms with Crippen molar-refractivity contribution in [2.75, 3.05) is 31.1 Å². The third-order valence-electron chi connectivity index (χ3n) is 6.87. The number of carbonyl (C=O) groups is 2. The van der Waals surface area contributed by atoms with E-state index in [2.05, 4.69) is 16.3 Å². The maximum Gasteiger partial charge on any atom is 0.257 e. The average Bonchev–Trinajstić information content (AvgIpc) is 2.84. The molecule has 1 saturated carbocycles. The fourth-order valence-electron chi connectivity index (χ4n) is 5.08. The minimum Gasteiger partial charge on any atom is -0.368 e. The quantitative estimate of drug-likeness (QED) is 0.578. The number of nitrogens with one attached hydrogen (secondary N) is 1. The van der Waals surface area contributed by atoms with E-state index in [1.54, 1.807) is 11.8 Å². The Bertz CT molecular complexity index is 1120. The van der Waals surface area contributed by atoms with Gasteiger partial charge in [-0.2, -0.15) is 0 Å². The van der Waals surface area contributed by atoms with E-state index >= 15 is 0 Å². The lowest BCUT2D eigenvalue weighted by Gasteiger charge is -2.42. The first-order chi connectivity index (χ1) is 16.5. The van der Waals surface area contributed by atoms with Crippen LogP contribution in [0.1, 0.15) is 24.8 Å². The van der Waals surface area contributed by atoms with Crippen LogP contribution in [0.15, 0.2) is 53.4 Å². The molecule has 1 N–H and O–H groups in total. The summed E-state index contributed by atoms with van der Waals surface area (Å²) >= 11 is 13.9. The first-order valence-corrected chi connectivity index (χ1v) is 13.3. The van der Waals surface area contributed by atoms with Gasteiger partial charge in [0.1, 0.15) is 0 Å². The molecule has 34 heavy (non-hydrogen) atoms. The molecule has 178 valence electrons. The minimum absolute atomic E-state index is 0.0293. The van der Waals surface area contributed by atoms with Gasteiger partial charge >= 0.3 is 0 Å². The molecule has 1 aliphatic carbocycles. The van der Waals surface area contributed by atoms with Gasteiger partial charge in [-0.3, -0.25) is 9.59 Å². The molecule has 3 unspecified atom stereocenters. The summed E-state index contributed by atoms with van der Waals surface area (Å²) in [5.74, 6) is 0.136. The molecule has 3 fully saturated rings. The van der Waals surface area contributed by atoms with Crippen LogP contribution in [0.4, 0.5) is 5.69 Å². The van der Waals surface area contributed by atoms with Gasteiger partial charge in [0, 0.05) is 59.1 Å². The first kappa shape index (κ1) is 23.6. The van der Waals surface area contributed by atoms with Crippen LogP contribution in [-0.4, -0.2) is 54.2 Å². The maximum absolute atomic E-state index is 13.3. The average molecular weight is 516 g/mol. The van der Waals surface area contributed by atoms with E-state index in [4.69, 9.17) is 23.2 Å². The molecule has 3 aliphatic rings. The lowest BCUT2D eigenvalue weighted by atomic mass is 9.84. The number of nitrogens with zero attached hydrogens (tertiary/aromatic N) is 2. The van der Waals surface area contributed by atoms with E-state index in [-0.39, 0.29) is 23.8 Å². The number of carbonyl (C=O) groups excluding carboxylic acids is 2. The van der Waals surface area contributed by atoms with Gasteiger partial charge in [-0.05, 0) is 61.2 Å². The van der Waals surface area contributed by atoms with Crippen LogP contribution in [0, 0.1) is 5.92 Å². The molecule has 5 nitrogen and oxygen atoms in total. The fourth-order valence-corrected chi connectivity index (χ4v) is 6.76. The molecule has 8 heteroatoms. The van der Waals surface area contributed by atoms with Crippen LogP contribution in [0.3, 0.4) is 0 Å². The summed E-state index contributed by atoms with van der Waals surface area (Å²) in [7, 11) is 0. The van der Waals surface area contributed by atoms with Crippen molar-refractivity contribution < 1.29 is 9.59 Å². The van der Waals surface area contributed by atoms with Crippen molar-refractivity contribution in [2.45, 2.75) is 30.6 Å². The number of hydrogen-bond donors (Lipinski definition) is 1. The summed E-state index contributed by atoms with van der Waals surface area (Å²) in [5, 5.41) is 4.85. The zero-order valence-corrected chi connectivity index (χ0v) is 21.1. The third-order valence-corrected chi connectivity index (χ3v) is 8.76. The van der Waals surface area contributed by atoms with Gasteiger partial charge in [-0.1, -0.05) is 41.4 Å². The molecule has 5 rings (SSSR count). The second-order valence-corrected chi connectivity index (χ2v) is 11.3. The Morgan fingerprint density at radius 1 is 1.00 bits per heavy atom. The van der Waals surface area contributed by atoms with Crippen LogP contribution < -0.4 is 10.2 Å². The van der Waals surface area contributed by atoms with Gasteiger partial charge in [0.05, 0.1) is 4.91 Å². The van der Waals surface area contributed by atoms with E-state index in [1.807, 2.05) is 53.4 Å². The highest BCUT2D eigenvalue weighted by molar-refractivity contribution is 8.04. The van der Waals surface area contributed by atoms with E-state index in [9.17, 15) is 9.59 Å². The van der Waals surface area contributed by atoms with Crippen LogP contribution in [-0.2, 0) is 9.59 Å². The van der Waals surface area contributed by atoms with Gasteiger partial charge in [0.15, 0.2) is 0 Å². The van der Waals surface area contributed by atoms with E-state index in [0.717, 1.165) is 42.2 Å². The van der Waals surface area contributed by atoms with Gasteiger partial charge in [0.2, 0.25) is 5.91 Å². The highest BCUT2D eigenvalue weighted by atomic mass is 35.5. The number of halogens is 2. The smallest absolute Gasteiger partial charge is 0.257 e. The molecule has 3 atom stereocenters. The Hall–Kier alpha value is -2.15. The Balaban J connectivity index is 1.17. The standard InChI is InChI=1S/C26H27Cl2N3O2S/c27-19-4-1-3-17(13-19)14-24-25(32)29-22-15-18(7-8-23(22)34-24)26(33)31-11-9-30(10-12-31)21-6-2-5-20(28)16-21/h1-6,13-14,16,18,22-23H,7-12,15H2,(H,29,32)/b24-14+. The zero-order valence-electron chi connectivity index (χ0n) is 18.8. The SMILES string of the molecule is O=C1NC2CC(C(=O)N3CCN(c4cccc(Cl)c4)CC3)CCC2S/C1=C/c1cccc(Cl)c1. The molecule has 0 spiro atoms. The molecular formula is C26H27Cl2N3O2S. The van der Waals surface area contributed by atoms with Gasteiger partial charge in [-0.25, -0.2) is 0 Å². The number of rotatable bonds is 3. The van der Waals surface area contributed by atoms with Crippen molar-refractivity contribution >= 4 is 58.5 Å². The van der Waals surface area contributed by atoms with Gasteiger partial charge < -0.3 is 15.1 Å². The summed E-state index contributed by atoms with van der Waals surface area (Å²) in [5.41, 5.74) is 2.02. The minimum atomic E-state index is -0.0607. The first-order valence-electron chi connectivity index (χ1n) is 11.7. The molecular weight excluding hydrogens is 489 g/mol. The Kier molecular flexibility index (Phi) is 7.09. The van der Waals surface area contributed by atoms with E-state index in [1.165, 1.54) is 0 Å². The lowest BCUT2D eigenvalue weighted by molar-refractivity contribution is -0.137. The number of piperazine rings is 1. The Morgan fingerprint density at radius 3 is 2.47 bits per heavy atom. The van der Waals surface area contributed by atoms with Crippen molar-refractivity contribution in [3.63, 3.8) is 0 Å². The Morgan fingerprint density at radius 2 is 1.74 bits per heavy atom. The van der Waals surface area contributed by atoms with Gasteiger partial charge in [0.25, 0.3) is 5.91 Å². The van der Waals surface area contributed by atoms with E-state index in [0.29, 0.717) is 34.7 Å². The monoisotopic (exact) mass is 515 g/mol. The summed E-state index contributed by atoms with van der Waals surface area (Å²) in [6.07, 6.45) is 4.39. The lowest BCUT2D eigenvalue weighted by Crippen LogP contribution is -2.54. The number of thioether (sulfide) groups is 1. The van der Waals surface area contributed by atoms with Crippen molar-refractivity contribution in [1.82, 2.24) is 10.2 Å². The van der Waals surface area contributed by atoms with Crippen LogP contribution in [0.2, 0.25) is 10.0 Å². The molecule has 0 radical (unpaired) electrons. The summed E-state index contributed by atoms with van der Waals surface area (Å²) < 4.78 is 0. The largest absolute Gasteiger partial charge is 0.368 e. The fraction of sp³-hybridized carbons (Fsp3) is 0.385. The summed E-state index contributed by atoms with van der Waals surface area (Å²) in [4.78, 5) is 31.0. The number of fused-ring (bicyclic) bond motifs is 1. The topological polar surface area (TPSA) is 52.7 Å². The maximum atomic E-state index is 13.3. The molecule has 0 bridgehead atoms. The van der Waals surface area contributed by atoms with Crippen molar-refractivity contribution in [3.8, 4) is 0 Å². The predicted molar refractivity (Wildman–Crippen MR) is 140 cm³/mol. The van der Waals surface area contributed by atoms with Crippen LogP contribution >= 0.6 is 35.0 Å². The molecule has 2 heterocycles. The normalized spacial score (nSPS) is 26.2. The summed E-state index contributed by atoms with van der Waals surface area (Å²) in [6.45, 7) is 3.03. The zero-order chi connectivity index (χ0) is 23.7. The second-order valence-electron chi connectivity index (χ2n) is 9.10. The molecule has 2 aliphatic heterocycles. The van der Waals surface area contributed by atoms with Crippen LogP contribution in [0.25, 0.3) is 6.08 Å². The molecule has 2 aromatic carbocycles. The number of anilines is 1. The molecule has 2 amide bonds. The predicted octanol–water partition coefficient (Wildman–Crippen LogP) is 5.08. The number of benzene rings is 2. The summed E-state index contributed by atoms with van der Waals surface area (Å²) in [6, 6.07) is 15.4. The Labute approximate surface area is 214 Å². The van der Waals surface area contributed by atoms with Crippen molar-refractivity contribution in [1.29, 1.82) is 0 Å². The molecule has 2 saturated heterocycles. The van der Waals surface area contributed by atoms with E-state index < -0.39 is 0 Å². The highest BCUT2D eigenvalue weighted by Crippen LogP contribution is 2.40. The molecule has 2 aromatic rings. The molecule has 0 aromatic heterocycles. The number of hydrogen-bond acceptors (Lipinski definition) is 4.